The zero-order valence-corrected chi connectivity index (χ0v) is 6.54. The second kappa shape index (κ2) is 2.42. The molecule has 1 heteroatoms. The first-order valence-corrected chi connectivity index (χ1v) is 3.87. The van der Waals surface area contributed by atoms with Crippen LogP contribution in [-0.2, 0) is 6.54 Å². The van der Waals surface area contributed by atoms with Gasteiger partial charge in [-0.3, -0.25) is 0 Å². The van der Waals surface area contributed by atoms with Crippen LogP contribution in [-0.4, -0.2) is 4.57 Å². The van der Waals surface area contributed by atoms with Gasteiger partial charge in [0, 0.05) is 18.3 Å². The van der Waals surface area contributed by atoms with Gasteiger partial charge in [0.25, 0.3) is 0 Å². The van der Waals surface area contributed by atoms with Gasteiger partial charge in [0.15, 0.2) is 0 Å². The van der Waals surface area contributed by atoms with Gasteiger partial charge in [0.1, 0.15) is 0 Å². The lowest BCUT2D eigenvalue weighted by atomic mass is 10.2. The molecule has 0 N–H and O–H groups in total. The number of hydrogen-bond donors (Lipinski definition) is 0. The van der Waals surface area contributed by atoms with Crippen molar-refractivity contribution < 1.29 is 0 Å². The summed E-state index contributed by atoms with van der Waals surface area (Å²) in [5, 5.41) is 1.30. The Kier molecular flexibility index (Phi) is 1.42. The van der Waals surface area contributed by atoms with Gasteiger partial charge in [-0.05, 0) is 30.5 Å². The molecule has 2 aromatic rings. The summed E-state index contributed by atoms with van der Waals surface area (Å²) in [7, 11) is 0. The molecule has 0 spiro atoms. The van der Waals surface area contributed by atoms with Crippen molar-refractivity contribution >= 4 is 10.9 Å². The van der Waals surface area contributed by atoms with Gasteiger partial charge in [-0.1, -0.05) is 12.1 Å². The standard InChI is InChI=1S/C10H10N/c1-2-11-8-7-9-5-3-4-6-10(9)11/h3,5-8H,2H2,1H3. The van der Waals surface area contributed by atoms with Gasteiger partial charge in [-0.2, -0.15) is 0 Å². The summed E-state index contributed by atoms with van der Waals surface area (Å²) >= 11 is 0. The molecule has 0 unspecified atom stereocenters. The molecule has 0 bridgehead atoms. The Bertz CT molecular complexity index is 360. The molecule has 0 aliphatic carbocycles. The van der Waals surface area contributed by atoms with E-state index in [4.69, 9.17) is 0 Å². The molecule has 0 fully saturated rings. The Hall–Kier alpha value is -1.24. The number of hydrogen-bond acceptors (Lipinski definition) is 0. The first-order chi connectivity index (χ1) is 5.42. The van der Waals surface area contributed by atoms with Crippen molar-refractivity contribution in [2.24, 2.45) is 0 Å². The number of fused-ring (bicyclic) bond motifs is 1. The topological polar surface area (TPSA) is 4.93 Å². The molecule has 0 atom stereocenters. The fourth-order valence-electron chi connectivity index (χ4n) is 1.35. The Morgan fingerprint density at radius 2 is 2.36 bits per heavy atom. The molecule has 2 rings (SSSR count). The van der Waals surface area contributed by atoms with E-state index in [0.717, 1.165) is 6.54 Å². The summed E-state index contributed by atoms with van der Waals surface area (Å²) in [6, 6.07) is 11.3. The molecule has 0 aliphatic rings. The van der Waals surface area contributed by atoms with Crippen LogP contribution in [0, 0.1) is 6.07 Å². The third kappa shape index (κ3) is 0.929. The van der Waals surface area contributed by atoms with Crippen molar-refractivity contribution in [3.05, 3.63) is 36.5 Å². The lowest BCUT2D eigenvalue weighted by Gasteiger charge is -1.97. The number of rotatable bonds is 1. The average Bonchev–Trinajstić information content (AvgIpc) is 2.47. The fraction of sp³-hybridized carbons (Fsp3) is 0.200. The summed E-state index contributed by atoms with van der Waals surface area (Å²) < 4.78 is 2.21. The number of aryl methyl sites for hydroxylation is 1. The Balaban J connectivity index is 2.76. The lowest BCUT2D eigenvalue weighted by molar-refractivity contribution is 0.797. The van der Waals surface area contributed by atoms with Crippen LogP contribution in [0.4, 0.5) is 0 Å². The van der Waals surface area contributed by atoms with E-state index >= 15 is 0 Å². The number of nitrogens with zero attached hydrogens (tertiary/aromatic N) is 1. The minimum atomic E-state index is 1.03. The quantitative estimate of drug-likeness (QED) is 0.579. The summed E-state index contributed by atoms with van der Waals surface area (Å²) in [4.78, 5) is 0. The van der Waals surface area contributed by atoms with E-state index in [2.05, 4.69) is 35.9 Å². The molecular weight excluding hydrogens is 134 g/mol. The second-order valence-electron chi connectivity index (χ2n) is 2.59. The highest BCUT2D eigenvalue weighted by Gasteiger charge is 1.95. The van der Waals surface area contributed by atoms with Crippen LogP contribution in [0.25, 0.3) is 10.9 Å². The molecule has 0 aliphatic heterocycles. The maximum absolute atomic E-state index is 3.08. The Morgan fingerprint density at radius 3 is 3.18 bits per heavy atom. The summed E-state index contributed by atoms with van der Waals surface area (Å²) in [5.74, 6) is 0. The highest BCUT2D eigenvalue weighted by atomic mass is 14.9. The van der Waals surface area contributed by atoms with Crippen LogP contribution in [0.2, 0.25) is 0 Å². The number of benzene rings is 1. The fourth-order valence-corrected chi connectivity index (χ4v) is 1.35. The molecule has 0 saturated carbocycles. The van der Waals surface area contributed by atoms with Crippen molar-refractivity contribution in [2.75, 3.05) is 0 Å². The molecule has 1 radical (unpaired) electrons. The maximum atomic E-state index is 3.08. The monoisotopic (exact) mass is 144 g/mol. The second-order valence-corrected chi connectivity index (χ2v) is 2.59. The van der Waals surface area contributed by atoms with E-state index in [9.17, 15) is 0 Å². The van der Waals surface area contributed by atoms with Gasteiger partial charge in [0.05, 0.1) is 0 Å². The largest absolute Gasteiger partial charge is 0.348 e. The first kappa shape index (κ1) is 6.47. The van der Waals surface area contributed by atoms with Crippen LogP contribution < -0.4 is 0 Å². The maximum Gasteiger partial charge on any atom is 0.0486 e. The predicted molar refractivity (Wildman–Crippen MR) is 46.4 cm³/mol. The van der Waals surface area contributed by atoms with Gasteiger partial charge in [0.2, 0.25) is 0 Å². The molecule has 55 valence electrons. The zero-order valence-electron chi connectivity index (χ0n) is 6.54. The zero-order chi connectivity index (χ0) is 7.68. The molecule has 1 nitrogen and oxygen atoms in total. The van der Waals surface area contributed by atoms with E-state index in [1.165, 1.54) is 10.9 Å². The molecule has 0 saturated heterocycles. The predicted octanol–water partition coefficient (Wildman–Crippen LogP) is 2.46. The molecule has 0 amide bonds. The van der Waals surface area contributed by atoms with Gasteiger partial charge >= 0.3 is 0 Å². The highest BCUT2D eigenvalue weighted by molar-refractivity contribution is 5.79. The van der Waals surface area contributed by atoms with E-state index < -0.39 is 0 Å². The number of aromatic nitrogens is 1. The lowest BCUT2D eigenvalue weighted by Crippen LogP contribution is -1.89. The van der Waals surface area contributed by atoms with Crippen molar-refractivity contribution in [1.29, 1.82) is 0 Å². The van der Waals surface area contributed by atoms with Crippen molar-refractivity contribution in [3.8, 4) is 0 Å². The summed E-state index contributed by atoms with van der Waals surface area (Å²) in [6.45, 7) is 3.17. The molecule has 11 heavy (non-hydrogen) atoms. The normalized spacial score (nSPS) is 10.6. The van der Waals surface area contributed by atoms with E-state index in [-0.39, 0.29) is 0 Å². The smallest absolute Gasteiger partial charge is 0.0486 e. The molecule has 1 heterocycles. The highest BCUT2D eigenvalue weighted by Crippen LogP contribution is 2.13. The first-order valence-electron chi connectivity index (χ1n) is 3.87. The Morgan fingerprint density at radius 1 is 1.45 bits per heavy atom. The minimum absolute atomic E-state index is 1.03. The van der Waals surface area contributed by atoms with Crippen molar-refractivity contribution in [1.82, 2.24) is 4.57 Å². The Labute approximate surface area is 66.3 Å². The molecule has 1 aromatic carbocycles. The van der Waals surface area contributed by atoms with Gasteiger partial charge in [-0.15, -0.1) is 0 Å². The third-order valence-electron chi connectivity index (χ3n) is 1.96. The van der Waals surface area contributed by atoms with Crippen LogP contribution in [0.5, 0.6) is 0 Å². The van der Waals surface area contributed by atoms with Crippen molar-refractivity contribution in [2.45, 2.75) is 13.5 Å². The minimum Gasteiger partial charge on any atom is -0.348 e. The van der Waals surface area contributed by atoms with Crippen LogP contribution in [0.3, 0.4) is 0 Å². The van der Waals surface area contributed by atoms with Gasteiger partial charge in [-0.25, -0.2) is 0 Å². The van der Waals surface area contributed by atoms with Crippen LogP contribution in [0.15, 0.2) is 30.5 Å². The van der Waals surface area contributed by atoms with Crippen molar-refractivity contribution in [3.63, 3.8) is 0 Å². The summed E-state index contributed by atoms with van der Waals surface area (Å²) in [5.41, 5.74) is 1.27. The van der Waals surface area contributed by atoms with E-state index in [0.29, 0.717) is 0 Å². The van der Waals surface area contributed by atoms with E-state index in [1.807, 2.05) is 12.1 Å². The molecule has 1 aromatic heterocycles. The van der Waals surface area contributed by atoms with E-state index in [1.54, 1.807) is 0 Å². The average molecular weight is 144 g/mol. The van der Waals surface area contributed by atoms with Gasteiger partial charge < -0.3 is 4.57 Å². The SMILES string of the molecule is CCn1ccc2cc[c]cc21. The van der Waals surface area contributed by atoms with Crippen LogP contribution in [0.1, 0.15) is 6.92 Å². The molecular formula is C10H10N. The van der Waals surface area contributed by atoms with Crippen LogP contribution >= 0.6 is 0 Å². The summed E-state index contributed by atoms with van der Waals surface area (Å²) in [6.07, 6.45) is 2.11. The third-order valence-corrected chi connectivity index (χ3v) is 1.96.